The number of morpholine rings is 1. The van der Waals surface area contributed by atoms with Crippen LogP contribution in [0.1, 0.15) is 11.1 Å². The van der Waals surface area contributed by atoms with Crippen LogP contribution in [0.25, 0.3) is 0 Å². The number of hydrogen-bond donors (Lipinski definition) is 1. The standard InChI is InChI=1S/C19H21BrN2O2/c1-14-7-8-17(16(20)11-14)21-19(23)18-13-22(9-10-24-18)12-15-5-3-2-4-6-15/h2-8,11,18H,9-10,12-13H2,1H3,(H,21,23)/t18-/m1/s1. The van der Waals surface area contributed by atoms with Crippen molar-refractivity contribution < 1.29 is 9.53 Å². The number of nitrogens with one attached hydrogen (secondary N) is 1. The van der Waals surface area contributed by atoms with E-state index in [0.717, 1.165) is 28.8 Å². The van der Waals surface area contributed by atoms with Crippen LogP contribution in [0.2, 0.25) is 0 Å². The van der Waals surface area contributed by atoms with Gasteiger partial charge in [0.05, 0.1) is 12.3 Å². The molecule has 0 aliphatic carbocycles. The summed E-state index contributed by atoms with van der Waals surface area (Å²) in [6.07, 6.45) is -0.448. The van der Waals surface area contributed by atoms with Gasteiger partial charge in [0.25, 0.3) is 5.91 Å². The molecule has 0 unspecified atom stereocenters. The highest BCUT2D eigenvalue weighted by molar-refractivity contribution is 9.10. The van der Waals surface area contributed by atoms with E-state index in [1.54, 1.807) is 0 Å². The van der Waals surface area contributed by atoms with Crippen molar-refractivity contribution in [2.24, 2.45) is 0 Å². The van der Waals surface area contributed by atoms with Gasteiger partial charge in [0.1, 0.15) is 6.10 Å². The number of rotatable bonds is 4. The third-order valence-corrected chi connectivity index (χ3v) is 4.73. The maximum atomic E-state index is 12.5. The van der Waals surface area contributed by atoms with Crippen LogP contribution in [0.3, 0.4) is 0 Å². The fourth-order valence-corrected chi connectivity index (χ4v) is 3.37. The Bertz CT molecular complexity index is 706. The van der Waals surface area contributed by atoms with E-state index in [4.69, 9.17) is 4.74 Å². The smallest absolute Gasteiger partial charge is 0.254 e. The summed E-state index contributed by atoms with van der Waals surface area (Å²) in [5, 5.41) is 2.95. The maximum absolute atomic E-state index is 12.5. The molecule has 4 nitrogen and oxygen atoms in total. The minimum absolute atomic E-state index is 0.0997. The SMILES string of the molecule is Cc1ccc(NC(=O)[C@H]2CN(Cc3ccccc3)CCO2)c(Br)c1. The molecule has 0 spiro atoms. The number of ether oxygens (including phenoxy) is 1. The number of aryl methyl sites for hydroxylation is 1. The number of carbonyl (C=O) groups is 1. The average Bonchev–Trinajstić information content (AvgIpc) is 2.58. The second kappa shape index (κ2) is 7.92. The van der Waals surface area contributed by atoms with E-state index in [1.807, 2.05) is 43.3 Å². The zero-order valence-corrected chi connectivity index (χ0v) is 15.3. The molecule has 3 rings (SSSR count). The summed E-state index contributed by atoms with van der Waals surface area (Å²) in [6, 6.07) is 16.2. The summed E-state index contributed by atoms with van der Waals surface area (Å²) in [4.78, 5) is 14.8. The van der Waals surface area contributed by atoms with E-state index in [0.29, 0.717) is 13.2 Å². The summed E-state index contributed by atoms with van der Waals surface area (Å²) >= 11 is 3.49. The summed E-state index contributed by atoms with van der Waals surface area (Å²) < 4.78 is 6.56. The molecule has 1 aliphatic rings. The molecule has 1 atom stereocenters. The third kappa shape index (κ3) is 4.44. The van der Waals surface area contributed by atoms with Crippen LogP contribution in [-0.4, -0.2) is 36.6 Å². The number of anilines is 1. The van der Waals surface area contributed by atoms with E-state index >= 15 is 0 Å². The summed E-state index contributed by atoms with van der Waals surface area (Å²) in [5.74, 6) is -0.0997. The van der Waals surface area contributed by atoms with E-state index in [1.165, 1.54) is 5.56 Å². The number of halogens is 1. The lowest BCUT2D eigenvalue weighted by Gasteiger charge is -2.32. The second-order valence-electron chi connectivity index (χ2n) is 6.05. The zero-order valence-electron chi connectivity index (χ0n) is 13.7. The third-order valence-electron chi connectivity index (χ3n) is 4.07. The van der Waals surface area contributed by atoms with Gasteiger partial charge in [-0.2, -0.15) is 0 Å². The Morgan fingerprint density at radius 3 is 2.83 bits per heavy atom. The van der Waals surface area contributed by atoms with Gasteiger partial charge in [0.2, 0.25) is 0 Å². The lowest BCUT2D eigenvalue weighted by Crippen LogP contribution is -2.47. The first kappa shape index (κ1) is 17.1. The van der Waals surface area contributed by atoms with Gasteiger partial charge in [-0.25, -0.2) is 0 Å². The van der Waals surface area contributed by atoms with Crippen molar-refractivity contribution in [3.05, 3.63) is 64.1 Å². The molecule has 0 aromatic heterocycles. The maximum Gasteiger partial charge on any atom is 0.254 e. The van der Waals surface area contributed by atoms with Crippen molar-refractivity contribution in [3.8, 4) is 0 Å². The summed E-state index contributed by atoms with van der Waals surface area (Å²) in [5.41, 5.74) is 3.16. The molecule has 24 heavy (non-hydrogen) atoms. The Morgan fingerprint density at radius 1 is 1.29 bits per heavy atom. The van der Waals surface area contributed by atoms with E-state index in [9.17, 15) is 4.79 Å². The number of hydrogen-bond acceptors (Lipinski definition) is 3. The van der Waals surface area contributed by atoms with Crippen LogP contribution in [0.5, 0.6) is 0 Å². The van der Waals surface area contributed by atoms with Gasteiger partial charge in [0, 0.05) is 24.1 Å². The molecular weight excluding hydrogens is 368 g/mol. The van der Waals surface area contributed by atoms with Crippen LogP contribution in [0.4, 0.5) is 5.69 Å². The van der Waals surface area contributed by atoms with Crippen molar-refractivity contribution in [2.75, 3.05) is 25.0 Å². The molecular formula is C19H21BrN2O2. The summed E-state index contributed by atoms with van der Waals surface area (Å²) in [7, 11) is 0. The Hall–Kier alpha value is -1.69. The van der Waals surface area contributed by atoms with E-state index in [-0.39, 0.29) is 5.91 Å². The van der Waals surface area contributed by atoms with Crippen molar-refractivity contribution in [1.29, 1.82) is 0 Å². The lowest BCUT2D eigenvalue weighted by atomic mass is 10.1. The first-order valence-electron chi connectivity index (χ1n) is 8.07. The first-order valence-corrected chi connectivity index (χ1v) is 8.86. The van der Waals surface area contributed by atoms with E-state index in [2.05, 4.69) is 38.3 Å². The van der Waals surface area contributed by atoms with Crippen LogP contribution < -0.4 is 5.32 Å². The molecule has 0 saturated carbocycles. The molecule has 2 aromatic rings. The molecule has 126 valence electrons. The molecule has 1 fully saturated rings. The van der Waals surface area contributed by atoms with Gasteiger partial charge in [-0.15, -0.1) is 0 Å². The highest BCUT2D eigenvalue weighted by Gasteiger charge is 2.27. The first-order chi connectivity index (χ1) is 11.6. The molecule has 0 bridgehead atoms. The predicted octanol–water partition coefficient (Wildman–Crippen LogP) is 3.60. The molecule has 5 heteroatoms. The second-order valence-corrected chi connectivity index (χ2v) is 6.91. The van der Waals surface area contributed by atoms with E-state index < -0.39 is 6.10 Å². The number of carbonyl (C=O) groups excluding carboxylic acids is 1. The van der Waals surface area contributed by atoms with Crippen LogP contribution in [0.15, 0.2) is 53.0 Å². The van der Waals surface area contributed by atoms with Gasteiger partial charge in [-0.3, -0.25) is 9.69 Å². The highest BCUT2D eigenvalue weighted by atomic mass is 79.9. The fraction of sp³-hybridized carbons (Fsp3) is 0.316. The van der Waals surface area contributed by atoms with Gasteiger partial charge in [-0.1, -0.05) is 36.4 Å². The molecule has 1 aliphatic heterocycles. The number of benzene rings is 2. The van der Waals surface area contributed by atoms with Crippen molar-refractivity contribution in [2.45, 2.75) is 19.6 Å². The molecule has 1 amide bonds. The Balaban J connectivity index is 1.60. The van der Waals surface area contributed by atoms with Gasteiger partial charge < -0.3 is 10.1 Å². The zero-order chi connectivity index (χ0) is 16.9. The largest absolute Gasteiger partial charge is 0.366 e. The monoisotopic (exact) mass is 388 g/mol. The predicted molar refractivity (Wildman–Crippen MR) is 99.0 cm³/mol. The van der Waals surface area contributed by atoms with Gasteiger partial charge >= 0.3 is 0 Å². The van der Waals surface area contributed by atoms with Crippen molar-refractivity contribution in [3.63, 3.8) is 0 Å². The Morgan fingerprint density at radius 2 is 2.08 bits per heavy atom. The quantitative estimate of drug-likeness (QED) is 0.869. The fourth-order valence-electron chi connectivity index (χ4n) is 2.78. The van der Waals surface area contributed by atoms with Crippen molar-refractivity contribution >= 4 is 27.5 Å². The molecule has 2 aromatic carbocycles. The Kier molecular flexibility index (Phi) is 5.66. The number of nitrogens with zero attached hydrogens (tertiary/aromatic N) is 1. The van der Waals surface area contributed by atoms with Crippen LogP contribution in [-0.2, 0) is 16.1 Å². The van der Waals surface area contributed by atoms with Crippen LogP contribution >= 0.6 is 15.9 Å². The summed E-state index contributed by atoms with van der Waals surface area (Å²) in [6.45, 7) is 4.86. The lowest BCUT2D eigenvalue weighted by molar-refractivity contribution is -0.133. The Labute approximate surface area is 150 Å². The van der Waals surface area contributed by atoms with Gasteiger partial charge in [-0.05, 0) is 46.1 Å². The molecule has 1 N–H and O–H groups in total. The molecule has 1 saturated heterocycles. The van der Waals surface area contributed by atoms with Crippen LogP contribution in [0, 0.1) is 6.92 Å². The normalized spacial score (nSPS) is 18.3. The number of amides is 1. The highest BCUT2D eigenvalue weighted by Crippen LogP contribution is 2.24. The topological polar surface area (TPSA) is 41.6 Å². The van der Waals surface area contributed by atoms with Crippen molar-refractivity contribution in [1.82, 2.24) is 4.90 Å². The molecule has 0 radical (unpaired) electrons. The van der Waals surface area contributed by atoms with Gasteiger partial charge in [0.15, 0.2) is 0 Å². The molecule has 1 heterocycles. The average molecular weight is 389 g/mol. The minimum atomic E-state index is -0.448. The minimum Gasteiger partial charge on any atom is -0.366 e.